The van der Waals surface area contributed by atoms with Crippen molar-refractivity contribution in [3.8, 4) is 0 Å². The van der Waals surface area contributed by atoms with E-state index in [1.807, 2.05) is 32.0 Å². The Morgan fingerprint density at radius 2 is 1.52 bits per heavy atom. The lowest BCUT2D eigenvalue weighted by atomic mass is 9.63. The predicted octanol–water partition coefficient (Wildman–Crippen LogP) is 3.01. The first-order chi connectivity index (χ1) is 10.1. The Labute approximate surface area is 124 Å². The highest BCUT2D eigenvalue weighted by atomic mass is 16.2. The molecule has 2 fully saturated rings. The normalized spacial score (nSPS) is 33.7. The molecule has 0 unspecified atom stereocenters. The number of carbonyl (C=O) groups is 2. The molecule has 4 atom stereocenters. The number of imide groups is 1. The van der Waals surface area contributed by atoms with E-state index in [9.17, 15) is 9.59 Å². The largest absolute Gasteiger partial charge is 0.274 e. The molecule has 3 nitrogen and oxygen atoms in total. The van der Waals surface area contributed by atoms with Crippen LogP contribution in [0.15, 0.2) is 30.4 Å². The highest BCUT2D eigenvalue weighted by Crippen LogP contribution is 2.50. The van der Waals surface area contributed by atoms with Crippen LogP contribution in [0, 0.1) is 37.5 Å². The van der Waals surface area contributed by atoms with E-state index in [0.717, 1.165) is 29.7 Å². The van der Waals surface area contributed by atoms with Crippen molar-refractivity contribution in [3.63, 3.8) is 0 Å². The van der Waals surface area contributed by atoms with Crippen LogP contribution in [0.25, 0.3) is 0 Å². The van der Waals surface area contributed by atoms with E-state index in [4.69, 9.17) is 0 Å². The summed E-state index contributed by atoms with van der Waals surface area (Å²) in [5.41, 5.74) is 2.84. The molecule has 0 aromatic heterocycles. The number of amides is 2. The van der Waals surface area contributed by atoms with Gasteiger partial charge in [-0.1, -0.05) is 24.3 Å². The summed E-state index contributed by atoms with van der Waals surface area (Å²) in [6.45, 7) is 3.95. The zero-order valence-electron chi connectivity index (χ0n) is 12.4. The van der Waals surface area contributed by atoms with Gasteiger partial charge in [-0.05, 0) is 55.7 Å². The average molecular weight is 281 g/mol. The quantitative estimate of drug-likeness (QED) is 0.586. The van der Waals surface area contributed by atoms with Gasteiger partial charge in [0.05, 0.1) is 17.5 Å². The monoisotopic (exact) mass is 281 g/mol. The third-order valence-corrected chi connectivity index (χ3v) is 5.36. The zero-order chi connectivity index (χ0) is 14.7. The number of fused-ring (bicyclic) bond motifs is 1. The Kier molecular flexibility index (Phi) is 2.62. The number of rotatable bonds is 1. The molecular formula is C18H19NO2. The van der Waals surface area contributed by atoms with Gasteiger partial charge in [0, 0.05) is 0 Å². The van der Waals surface area contributed by atoms with Crippen LogP contribution in [-0.2, 0) is 9.59 Å². The molecule has 1 saturated carbocycles. The summed E-state index contributed by atoms with van der Waals surface area (Å²) in [7, 11) is 0. The summed E-state index contributed by atoms with van der Waals surface area (Å²) in [6, 6.07) is 5.96. The molecule has 5 rings (SSSR count). The molecule has 21 heavy (non-hydrogen) atoms. The first kappa shape index (κ1) is 12.8. The number of nitrogens with zero attached hydrogens (tertiary/aromatic N) is 1. The smallest absolute Gasteiger partial charge is 0.238 e. The van der Waals surface area contributed by atoms with E-state index in [1.165, 1.54) is 4.90 Å². The summed E-state index contributed by atoms with van der Waals surface area (Å²) in [5.74, 6) is 0.288. The highest BCUT2D eigenvalue weighted by molar-refractivity contribution is 6.22. The van der Waals surface area contributed by atoms with E-state index in [-0.39, 0.29) is 35.5 Å². The molecular weight excluding hydrogens is 262 g/mol. The number of hydrogen-bond acceptors (Lipinski definition) is 2. The molecule has 1 aromatic rings. The maximum absolute atomic E-state index is 12.9. The van der Waals surface area contributed by atoms with Crippen LogP contribution in [0.2, 0.25) is 0 Å². The topological polar surface area (TPSA) is 37.4 Å². The van der Waals surface area contributed by atoms with Crippen LogP contribution in [-0.4, -0.2) is 11.8 Å². The predicted molar refractivity (Wildman–Crippen MR) is 80.7 cm³/mol. The Morgan fingerprint density at radius 3 is 2.05 bits per heavy atom. The van der Waals surface area contributed by atoms with Gasteiger partial charge >= 0.3 is 0 Å². The number of carbonyl (C=O) groups excluding carboxylic acids is 2. The molecule has 1 aliphatic heterocycles. The third kappa shape index (κ3) is 1.66. The summed E-state index contributed by atoms with van der Waals surface area (Å²) < 4.78 is 0. The molecule has 108 valence electrons. The lowest BCUT2D eigenvalue weighted by molar-refractivity contribution is -0.124. The fraction of sp³-hybridized carbons (Fsp3) is 0.444. The lowest BCUT2D eigenvalue weighted by Crippen LogP contribution is -2.38. The molecule has 2 bridgehead atoms. The van der Waals surface area contributed by atoms with Gasteiger partial charge in [0.25, 0.3) is 0 Å². The fourth-order valence-electron chi connectivity index (χ4n) is 4.27. The molecule has 1 saturated heterocycles. The second-order valence-electron chi connectivity index (χ2n) is 6.64. The minimum absolute atomic E-state index is 0.0118. The molecule has 2 amide bonds. The first-order valence-corrected chi connectivity index (χ1v) is 7.71. The number of anilines is 1. The molecule has 0 spiro atoms. The van der Waals surface area contributed by atoms with Crippen molar-refractivity contribution in [1.29, 1.82) is 0 Å². The van der Waals surface area contributed by atoms with Crippen molar-refractivity contribution < 1.29 is 9.59 Å². The Balaban J connectivity index is 1.80. The zero-order valence-corrected chi connectivity index (χ0v) is 12.4. The van der Waals surface area contributed by atoms with Gasteiger partial charge in [0.15, 0.2) is 0 Å². The van der Waals surface area contributed by atoms with Crippen molar-refractivity contribution in [2.24, 2.45) is 23.7 Å². The van der Waals surface area contributed by atoms with E-state index < -0.39 is 0 Å². The maximum atomic E-state index is 12.9. The van der Waals surface area contributed by atoms with E-state index in [0.29, 0.717) is 0 Å². The molecule has 4 aliphatic rings. The number of aryl methyl sites for hydroxylation is 2. The average Bonchev–Trinajstić information content (AvgIpc) is 2.77. The second-order valence-corrected chi connectivity index (χ2v) is 6.64. The third-order valence-electron chi connectivity index (χ3n) is 5.36. The first-order valence-electron chi connectivity index (χ1n) is 7.71. The van der Waals surface area contributed by atoms with Crippen LogP contribution in [0.4, 0.5) is 5.69 Å². The van der Waals surface area contributed by atoms with Gasteiger partial charge in [0.2, 0.25) is 11.8 Å². The van der Waals surface area contributed by atoms with E-state index >= 15 is 0 Å². The van der Waals surface area contributed by atoms with Crippen molar-refractivity contribution in [2.45, 2.75) is 26.7 Å². The van der Waals surface area contributed by atoms with Crippen molar-refractivity contribution >= 4 is 17.5 Å². The second kappa shape index (κ2) is 4.30. The number of allylic oxidation sites excluding steroid dienone is 2. The van der Waals surface area contributed by atoms with Crippen LogP contribution < -0.4 is 4.90 Å². The minimum atomic E-state index is -0.124. The molecule has 0 radical (unpaired) electrons. The van der Waals surface area contributed by atoms with Gasteiger partial charge in [0.1, 0.15) is 0 Å². The van der Waals surface area contributed by atoms with E-state index in [1.54, 1.807) is 0 Å². The van der Waals surface area contributed by atoms with Gasteiger partial charge < -0.3 is 0 Å². The number of benzene rings is 1. The van der Waals surface area contributed by atoms with E-state index in [2.05, 4.69) is 12.2 Å². The van der Waals surface area contributed by atoms with Crippen LogP contribution in [0.5, 0.6) is 0 Å². The minimum Gasteiger partial charge on any atom is -0.274 e. The molecule has 3 aliphatic carbocycles. The maximum Gasteiger partial charge on any atom is 0.238 e. The van der Waals surface area contributed by atoms with Gasteiger partial charge in [-0.3, -0.25) is 9.59 Å². The van der Waals surface area contributed by atoms with Gasteiger partial charge in [-0.15, -0.1) is 0 Å². The lowest BCUT2D eigenvalue weighted by Gasteiger charge is -2.38. The summed E-state index contributed by atoms with van der Waals surface area (Å²) in [5, 5.41) is 0. The summed E-state index contributed by atoms with van der Waals surface area (Å²) in [4.78, 5) is 27.2. The van der Waals surface area contributed by atoms with Gasteiger partial charge in [-0.2, -0.15) is 0 Å². The highest BCUT2D eigenvalue weighted by Gasteiger charge is 2.57. The molecule has 0 N–H and O–H groups in total. The fourth-order valence-corrected chi connectivity index (χ4v) is 4.27. The van der Waals surface area contributed by atoms with Crippen molar-refractivity contribution in [1.82, 2.24) is 0 Å². The summed E-state index contributed by atoms with van der Waals surface area (Å²) in [6.07, 6.45) is 6.41. The molecule has 1 aromatic carbocycles. The van der Waals surface area contributed by atoms with Crippen molar-refractivity contribution in [2.75, 3.05) is 4.90 Å². The van der Waals surface area contributed by atoms with Crippen molar-refractivity contribution in [3.05, 3.63) is 41.5 Å². The Hall–Kier alpha value is -1.90. The SMILES string of the molecule is Cc1ccc(C)c(N2C(=O)[C@@H]3[C@@H](C2=O)[C@H]2C=C[C@@H]3CC2)c1. The molecule has 3 heteroatoms. The van der Waals surface area contributed by atoms with Crippen LogP contribution in [0.1, 0.15) is 24.0 Å². The summed E-state index contributed by atoms with van der Waals surface area (Å²) >= 11 is 0. The van der Waals surface area contributed by atoms with Crippen LogP contribution >= 0.6 is 0 Å². The molecule has 1 heterocycles. The Bertz CT molecular complexity index is 644. The Morgan fingerprint density at radius 1 is 0.952 bits per heavy atom. The number of hydrogen-bond donors (Lipinski definition) is 0. The van der Waals surface area contributed by atoms with Crippen LogP contribution in [0.3, 0.4) is 0 Å². The standard InChI is InChI=1S/C18H19NO2/c1-10-3-4-11(2)14(9-10)19-17(20)15-12-5-6-13(8-7-12)16(15)18(19)21/h3-6,9,12-13,15-16H,7-8H2,1-2H3/t12-,13+,15-,16-/m0/s1. The van der Waals surface area contributed by atoms with Gasteiger partial charge in [-0.25, -0.2) is 4.90 Å².